The van der Waals surface area contributed by atoms with E-state index in [1.807, 2.05) is 6.33 Å². The van der Waals surface area contributed by atoms with E-state index in [0.717, 1.165) is 19.4 Å². The first kappa shape index (κ1) is 14.7. The minimum absolute atomic E-state index is 1.04. The highest BCUT2D eigenvalue weighted by molar-refractivity contribution is 5.04. The zero-order chi connectivity index (χ0) is 13.1. The standard InChI is InChI=1S/C16H26N2/c1-3-5-7-8-9-10-11-12-16-14-18(15-17-16)13-6-4-2/h7-10,14-15H,3-6,11-13H2,1-2H3/b8-7+,10-9+. The molecule has 0 bridgehead atoms. The Kier molecular flexibility index (Phi) is 7.94. The summed E-state index contributed by atoms with van der Waals surface area (Å²) in [5, 5.41) is 0. The van der Waals surface area contributed by atoms with E-state index in [-0.39, 0.29) is 0 Å². The second-order valence-corrected chi connectivity index (χ2v) is 4.64. The summed E-state index contributed by atoms with van der Waals surface area (Å²) in [5.41, 5.74) is 1.20. The lowest BCUT2D eigenvalue weighted by atomic mass is 10.2. The summed E-state index contributed by atoms with van der Waals surface area (Å²) in [6.45, 7) is 5.51. The Bertz CT molecular complexity index is 361. The monoisotopic (exact) mass is 246 g/mol. The third-order valence-electron chi connectivity index (χ3n) is 2.86. The molecule has 0 N–H and O–H groups in total. The van der Waals surface area contributed by atoms with Gasteiger partial charge in [0.15, 0.2) is 0 Å². The molecule has 0 saturated heterocycles. The lowest BCUT2D eigenvalue weighted by Gasteiger charge is -1.97. The predicted molar refractivity (Wildman–Crippen MR) is 78.6 cm³/mol. The lowest BCUT2D eigenvalue weighted by Crippen LogP contribution is -1.92. The quantitative estimate of drug-likeness (QED) is 0.585. The van der Waals surface area contributed by atoms with Crippen molar-refractivity contribution in [2.24, 2.45) is 0 Å². The van der Waals surface area contributed by atoms with E-state index in [4.69, 9.17) is 0 Å². The SMILES string of the molecule is CCC/C=C/C=C/CCc1cn(CCCC)cn1. The molecule has 1 heterocycles. The number of unbranched alkanes of at least 4 members (excludes halogenated alkanes) is 2. The highest BCUT2D eigenvalue weighted by atomic mass is 15.0. The third-order valence-corrected chi connectivity index (χ3v) is 2.86. The Morgan fingerprint density at radius 1 is 1.11 bits per heavy atom. The first-order chi connectivity index (χ1) is 8.86. The van der Waals surface area contributed by atoms with Gasteiger partial charge in [0.05, 0.1) is 12.0 Å². The second kappa shape index (κ2) is 9.69. The number of allylic oxidation sites excluding steroid dienone is 4. The molecule has 2 nitrogen and oxygen atoms in total. The summed E-state index contributed by atoms with van der Waals surface area (Å²) in [5.74, 6) is 0. The fourth-order valence-electron chi connectivity index (χ4n) is 1.75. The van der Waals surface area contributed by atoms with Crippen molar-refractivity contribution in [3.63, 3.8) is 0 Å². The van der Waals surface area contributed by atoms with Gasteiger partial charge in [0.1, 0.15) is 0 Å². The molecule has 0 fully saturated rings. The molecule has 0 spiro atoms. The molecule has 0 aromatic carbocycles. The van der Waals surface area contributed by atoms with Crippen LogP contribution in [0.3, 0.4) is 0 Å². The van der Waals surface area contributed by atoms with Crippen molar-refractivity contribution in [2.75, 3.05) is 0 Å². The number of aryl methyl sites for hydroxylation is 2. The molecule has 0 atom stereocenters. The molecule has 0 saturated carbocycles. The molecule has 100 valence electrons. The normalized spacial score (nSPS) is 11.9. The Balaban J connectivity index is 2.20. The fraction of sp³-hybridized carbons (Fsp3) is 0.562. The van der Waals surface area contributed by atoms with Crippen molar-refractivity contribution in [3.8, 4) is 0 Å². The first-order valence-corrected chi connectivity index (χ1v) is 7.19. The van der Waals surface area contributed by atoms with Gasteiger partial charge < -0.3 is 4.57 Å². The Hall–Kier alpha value is -1.31. The summed E-state index contributed by atoms with van der Waals surface area (Å²) in [6, 6.07) is 0. The summed E-state index contributed by atoms with van der Waals surface area (Å²) in [4.78, 5) is 4.43. The maximum Gasteiger partial charge on any atom is 0.0949 e. The topological polar surface area (TPSA) is 17.8 Å². The number of rotatable bonds is 9. The predicted octanol–water partition coefficient (Wildman–Crippen LogP) is 4.53. The first-order valence-electron chi connectivity index (χ1n) is 7.19. The molecule has 0 amide bonds. The molecule has 18 heavy (non-hydrogen) atoms. The van der Waals surface area contributed by atoms with E-state index >= 15 is 0 Å². The molecule has 0 aliphatic heterocycles. The van der Waals surface area contributed by atoms with Crippen LogP contribution in [0.25, 0.3) is 0 Å². The molecule has 0 unspecified atom stereocenters. The Morgan fingerprint density at radius 2 is 1.89 bits per heavy atom. The highest BCUT2D eigenvalue weighted by Crippen LogP contribution is 2.03. The fourth-order valence-corrected chi connectivity index (χ4v) is 1.75. The average molecular weight is 246 g/mol. The number of nitrogens with zero attached hydrogens (tertiary/aromatic N) is 2. The van der Waals surface area contributed by atoms with E-state index in [9.17, 15) is 0 Å². The average Bonchev–Trinajstić information content (AvgIpc) is 2.83. The van der Waals surface area contributed by atoms with Crippen molar-refractivity contribution >= 4 is 0 Å². The second-order valence-electron chi connectivity index (χ2n) is 4.64. The zero-order valence-electron chi connectivity index (χ0n) is 11.8. The molecule has 0 aliphatic rings. The Morgan fingerprint density at radius 3 is 2.61 bits per heavy atom. The largest absolute Gasteiger partial charge is 0.337 e. The van der Waals surface area contributed by atoms with Gasteiger partial charge in [-0.25, -0.2) is 4.98 Å². The van der Waals surface area contributed by atoms with Crippen molar-refractivity contribution in [2.45, 2.75) is 58.9 Å². The van der Waals surface area contributed by atoms with Gasteiger partial charge in [-0.1, -0.05) is 51.0 Å². The molecule has 0 aliphatic carbocycles. The van der Waals surface area contributed by atoms with Gasteiger partial charge in [0.2, 0.25) is 0 Å². The van der Waals surface area contributed by atoms with Crippen LogP contribution in [0.15, 0.2) is 36.8 Å². The van der Waals surface area contributed by atoms with Gasteiger partial charge in [-0.3, -0.25) is 0 Å². The summed E-state index contributed by atoms with van der Waals surface area (Å²) in [7, 11) is 0. The van der Waals surface area contributed by atoms with Crippen LogP contribution >= 0.6 is 0 Å². The number of hydrogen-bond donors (Lipinski definition) is 0. The Labute approximate surface area is 111 Å². The van der Waals surface area contributed by atoms with Crippen LogP contribution in [0.1, 0.15) is 51.6 Å². The van der Waals surface area contributed by atoms with E-state index < -0.39 is 0 Å². The summed E-state index contributed by atoms with van der Waals surface area (Å²) in [6.07, 6.45) is 19.8. The number of hydrogen-bond acceptors (Lipinski definition) is 1. The van der Waals surface area contributed by atoms with E-state index in [1.54, 1.807) is 0 Å². The highest BCUT2D eigenvalue weighted by Gasteiger charge is 1.96. The van der Waals surface area contributed by atoms with Crippen molar-refractivity contribution in [3.05, 3.63) is 42.5 Å². The van der Waals surface area contributed by atoms with E-state index in [2.05, 4.69) is 53.9 Å². The van der Waals surface area contributed by atoms with Gasteiger partial charge in [0.25, 0.3) is 0 Å². The smallest absolute Gasteiger partial charge is 0.0949 e. The molecule has 1 aromatic rings. The summed E-state index contributed by atoms with van der Waals surface area (Å²) < 4.78 is 2.20. The van der Waals surface area contributed by atoms with E-state index in [0.29, 0.717) is 0 Å². The van der Waals surface area contributed by atoms with Crippen LogP contribution in [0, 0.1) is 0 Å². The lowest BCUT2D eigenvalue weighted by molar-refractivity contribution is 0.631. The minimum atomic E-state index is 1.04. The van der Waals surface area contributed by atoms with Crippen LogP contribution in [-0.2, 0) is 13.0 Å². The maximum absolute atomic E-state index is 4.43. The van der Waals surface area contributed by atoms with E-state index in [1.165, 1.54) is 31.4 Å². The van der Waals surface area contributed by atoms with Crippen LogP contribution in [-0.4, -0.2) is 9.55 Å². The van der Waals surface area contributed by atoms with Crippen molar-refractivity contribution in [1.82, 2.24) is 9.55 Å². The van der Waals surface area contributed by atoms with Crippen molar-refractivity contribution in [1.29, 1.82) is 0 Å². The van der Waals surface area contributed by atoms with Crippen molar-refractivity contribution < 1.29 is 0 Å². The molecule has 1 aromatic heterocycles. The molecular formula is C16H26N2. The van der Waals surface area contributed by atoms with Crippen LogP contribution in [0.2, 0.25) is 0 Å². The van der Waals surface area contributed by atoms with Crippen LogP contribution in [0.5, 0.6) is 0 Å². The van der Waals surface area contributed by atoms with Gasteiger partial charge >= 0.3 is 0 Å². The van der Waals surface area contributed by atoms with Crippen LogP contribution < -0.4 is 0 Å². The number of aromatic nitrogens is 2. The maximum atomic E-state index is 4.43. The molecule has 2 heteroatoms. The summed E-state index contributed by atoms with van der Waals surface area (Å²) >= 11 is 0. The van der Waals surface area contributed by atoms with Crippen LogP contribution in [0.4, 0.5) is 0 Å². The number of imidazole rings is 1. The molecule has 0 radical (unpaired) electrons. The van der Waals surface area contributed by atoms with Gasteiger partial charge in [-0.15, -0.1) is 0 Å². The minimum Gasteiger partial charge on any atom is -0.337 e. The molecule has 1 rings (SSSR count). The zero-order valence-corrected chi connectivity index (χ0v) is 11.8. The van der Waals surface area contributed by atoms with Gasteiger partial charge in [-0.05, 0) is 25.7 Å². The third kappa shape index (κ3) is 6.43. The van der Waals surface area contributed by atoms with Gasteiger partial charge in [0, 0.05) is 12.7 Å². The van der Waals surface area contributed by atoms with Gasteiger partial charge in [-0.2, -0.15) is 0 Å². The molecular weight excluding hydrogens is 220 g/mol.